The standard InChI is InChI=1S/C15H22N2O4/c1-10-6-11(17-14(19)21-15(2,3)4)8-12(7-10)20-9-13(18)16-5/h6-8H,9H2,1-5H3,(H,16,18)(H,17,19). The Labute approximate surface area is 124 Å². The Bertz CT molecular complexity index is 521. The Hall–Kier alpha value is -2.24. The van der Waals surface area contributed by atoms with Crippen LogP contribution in [0.5, 0.6) is 5.75 Å². The van der Waals surface area contributed by atoms with E-state index < -0.39 is 11.7 Å². The second-order valence-corrected chi connectivity index (χ2v) is 5.62. The summed E-state index contributed by atoms with van der Waals surface area (Å²) in [5.74, 6) is 0.280. The molecule has 0 heterocycles. The quantitative estimate of drug-likeness (QED) is 0.894. The summed E-state index contributed by atoms with van der Waals surface area (Å²) in [5.41, 5.74) is 0.888. The molecule has 0 saturated heterocycles. The maximum atomic E-state index is 11.7. The normalized spacial score (nSPS) is 10.7. The molecule has 2 N–H and O–H groups in total. The molecule has 6 nitrogen and oxygen atoms in total. The van der Waals surface area contributed by atoms with Crippen LogP contribution in [0.25, 0.3) is 0 Å². The summed E-state index contributed by atoms with van der Waals surface area (Å²) in [6.07, 6.45) is -0.537. The lowest BCUT2D eigenvalue weighted by atomic mass is 10.2. The lowest BCUT2D eigenvalue weighted by molar-refractivity contribution is -0.122. The van der Waals surface area contributed by atoms with Crippen molar-refractivity contribution in [2.75, 3.05) is 19.0 Å². The highest BCUT2D eigenvalue weighted by molar-refractivity contribution is 5.85. The molecule has 21 heavy (non-hydrogen) atoms. The van der Waals surface area contributed by atoms with Crippen LogP contribution in [0.1, 0.15) is 26.3 Å². The zero-order chi connectivity index (χ0) is 16.0. The number of amides is 2. The molecule has 0 aliphatic carbocycles. The number of nitrogens with one attached hydrogen (secondary N) is 2. The van der Waals surface area contributed by atoms with Crippen LogP contribution in [0.2, 0.25) is 0 Å². The summed E-state index contributed by atoms with van der Waals surface area (Å²) in [6.45, 7) is 7.17. The molecular weight excluding hydrogens is 272 g/mol. The summed E-state index contributed by atoms with van der Waals surface area (Å²) < 4.78 is 10.5. The number of aryl methyl sites for hydroxylation is 1. The molecule has 0 saturated carbocycles. The van der Waals surface area contributed by atoms with Crippen molar-refractivity contribution in [1.29, 1.82) is 0 Å². The molecule has 0 atom stereocenters. The van der Waals surface area contributed by atoms with Gasteiger partial charge in [0.15, 0.2) is 6.61 Å². The third-order valence-corrected chi connectivity index (χ3v) is 2.34. The highest BCUT2D eigenvalue weighted by Crippen LogP contribution is 2.21. The van der Waals surface area contributed by atoms with E-state index in [1.54, 1.807) is 39.0 Å². The molecular formula is C15H22N2O4. The molecule has 0 radical (unpaired) electrons. The summed E-state index contributed by atoms with van der Waals surface area (Å²) in [6, 6.07) is 5.21. The van der Waals surface area contributed by atoms with Crippen LogP contribution in [0.3, 0.4) is 0 Å². The second kappa shape index (κ2) is 6.97. The molecule has 2 amide bonds. The average Bonchev–Trinajstić information content (AvgIpc) is 2.32. The Kier molecular flexibility index (Phi) is 5.58. The van der Waals surface area contributed by atoms with E-state index in [9.17, 15) is 9.59 Å². The molecule has 6 heteroatoms. The first-order valence-corrected chi connectivity index (χ1v) is 6.64. The van der Waals surface area contributed by atoms with Gasteiger partial charge in [-0.2, -0.15) is 0 Å². The number of likely N-dealkylation sites (N-methyl/N-ethyl adjacent to an activating group) is 1. The smallest absolute Gasteiger partial charge is 0.412 e. The van der Waals surface area contributed by atoms with Gasteiger partial charge in [0.25, 0.3) is 5.91 Å². The van der Waals surface area contributed by atoms with Crippen molar-refractivity contribution in [3.63, 3.8) is 0 Å². The molecule has 0 fully saturated rings. The van der Waals surface area contributed by atoms with Crippen LogP contribution in [-0.4, -0.2) is 31.3 Å². The Morgan fingerprint density at radius 3 is 2.43 bits per heavy atom. The zero-order valence-corrected chi connectivity index (χ0v) is 13.1. The summed E-state index contributed by atoms with van der Waals surface area (Å²) in [4.78, 5) is 22.9. The van der Waals surface area contributed by atoms with Gasteiger partial charge in [-0.25, -0.2) is 4.79 Å². The molecule has 0 aromatic heterocycles. The summed E-state index contributed by atoms with van der Waals surface area (Å²) in [5, 5.41) is 5.11. The Morgan fingerprint density at radius 2 is 1.86 bits per heavy atom. The number of benzene rings is 1. The van der Waals surface area contributed by atoms with E-state index in [1.165, 1.54) is 7.05 Å². The minimum Gasteiger partial charge on any atom is -0.484 e. The second-order valence-electron chi connectivity index (χ2n) is 5.62. The fraction of sp³-hybridized carbons (Fsp3) is 0.467. The lowest BCUT2D eigenvalue weighted by Crippen LogP contribution is -2.27. The van der Waals surface area contributed by atoms with Crippen molar-refractivity contribution < 1.29 is 19.1 Å². The van der Waals surface area contributed by atoms with Crippen molar-refractivity contribution in [3.8, 4) is 5.75 Å². The van der Waals surface area contributed by atoms with E-state index in [0.29, 0.717) is 11.4 Å². The first-order chi connectivity index (χ1) is 9.69. The maximum Gasteiger partial charge on any atom is 0.412 e. The van der Waals surface area contributed by atoms with Crippen molar-refractivity contribution in [1.82, 2.24) is 5.32 Å². The van der Waals surface area contributed by atoms with E-state index in [-0.39, 0.29) is 12.5 Å². The van der Waals surface area contributed by atoms with Gasteiger partial charge < -0.3 is 14.8 Å². The van der Waals surface area contributed by atoms with E-state index >= 15 is 0 Å². The van der Waals surface area contributed by atoms with Crippen LogP contribution >= 0.6 is 0 Å². The average molecular weight is 294 g/mol. The summed E-state index contributed by atoms with van der Waals surface area (Å²) >= 11 is 0. The Morgan fingerprint density at radius 1 is 1.19 bits per heavy atom. The van der Waals surface area contributed by atoms with Crippen LogP contribution in [-0.2, 0) is 9.53 Å². The third-order valence-electron chi connectivity index (χ3n) is 2.34. The van der Waals surface area contributed by atoms with Gasteiger partial charge in [-0.3, -0.25) is 10.1 Å². The maximum absolute atomic E-state index is 11.7. The molecule has 0 aliphatic heterocycles. The molecule has 1 aromatic rings. The number of carbonyl (C=O) groups excluding carboxylic acids is 2. The number of ether oxygens (including phenoxy) is 2. The van der Waals surface area contributed by atoms with E-state index in [2.05, 4.69) is 10.6 Å². The van der Waals surface area contributed by atoms with Gasteiger partial charge >= 0.3 is 6.09 Å². The van der Waals surface area contributed by atoms with Gasteiger partial charge in [-0.05, 0) is 45.4 Å². The van der Waals surface area contributed by atoms with Crippen molar-refractivity contribution in [2.24, 2.45) is 0 Å². The van der Waals surface area contributed by atoms with Gasteiger partial charge in [0, 0.05) is 18.8 Å². The van der Waals surface area contributed by atoms with Gasteiger partial charge in [-0.15, -0.1) is 0 Å². The SMILES string of the molecule is CNC(=O)COc1cc(C)cc(NC(=O)OC(C)(C)C)c1. The highest BCUT2D eigenvalue weighted by Gasteiger charge is 2.16. The van der Waals surface area contributed by atoms with Gasteiger partial charge in [0.2, 0.25) is 0 Å². The van der Waals surface area contributed by atoms with Gasteiger partial charge in [-0.1, -0.05) is 0 Å². The molecule has 0 bridgehead atoms. The number of hydrogen-bond donors (Lipinski definition) is 2. The predicted octanol–water partition coefficient (Wildman–Crippen LogP) is 2.47. The fourth-order valence-electron chi connectivity index (χ4n) is 1.55. The van der Waals surface area contributed by atoms with Crippen molar-refractivity contribution in [2.45, 2.75) is 33.3 Å². The first-order valence-electron chi connectivity index (χ1n) is 6.64. The highest BCUT2D eigenvalue weighted by atomic mass is 16.6. The lowest BCUT2D eigenvalue weighted by Gasteiger charge is -2.20. The minimum atomic E-state index is -0.563. The molecule has 0 spiro atoms. The topological polar surface area (TPSA) is 76.7 Å². The fourth-order valence-corrected chi connectivity index (χ4v) is 1.55. The first kappa shape index (κ1) is 16.8. The minimum absolute atomic E-state index is 0.0775. The van der Waals surface area contributed by atoms with Gasteiger partial charge in [0.1, 0.15) is 11.4 Å². The van der Waals surface area contributed by atoms with Crippen LogP contribution < -0.4 is 15.4 Å². The molecule has 0 aliphatic rings. The summed E-state index contributed by atoms with van der Waals surface area (Å²) in [7, 11) is 1.54. The van der Waals surface area contributed by atoms with Crippen molar-refractivity contribution >= 4 is 17.7 Å². The van der Waals surface area contributed by atoms with Crippen LogP contribution in [0.15, 0.2) is 18.2 Å². The number of hydrogen-bond acceptors (Lipinski definition) is 4. The largest absolute Gasteiger partial charge is 0.484 e. The van der Waals surface area contributed by atoms with Crippen LogP contribution in [0, 0.1) is 6.92 Å². The molecule has 1 aromatic carbocycles. The third kappa shape index (κ3) is 6.65. The molecule has 1 rings (SSSR count). The van der Waals surface area contributed by atoms with E-state index in [4.69, 9.17) is 9.47 Å². The zero-order valence-electron chi connectivity index (χ0n) is 13.1. The number of anilines is 1. The number of carbonyl (C=O) groups is 2. The molecule has 116 valence electrons. The molecule has 0 unspecified atom stereocenters. The van der Waals surface area contributed by atoms with E-state index in [0.717, 1.165) is 5.56 Å². The number of rotatable bonds is 4. The van der Waals surface area contributed by atoms with E-state index in [1.807, 2.05) is 6.92 Å². The Balaban J connectivity index is 2.73. The monoisotopic (exact) mass is 294 g/mol. The van der Waals surface area contributed by atoms with Crippen molar-refractivity contribution in [3.05, 3.63) is 23.8 Å². The van der Waals surface area contributed by atoms with Crippen LogP contribution in [0.4, 0.5) is 10.5 Å². The predicted molar refractivity (Wildman–Crippen MR) is 80.6 cm³/mol. The van der Waals surface area contributed by atoms with Gasteiger partial charge in [0.05, 0.1) is 0 Å².